The van der Waals surface area contributed by atoms with E-state index in [4.69, 9.17) is 75.0 Å². The zero-order valence-electron chi connectivity index (χ0n) is 26.0. The van der Waals surface area contributed by atoms with Gasteiger partial charge in [0, 0.05) is 22.5 Å². The van der Waals surface area contributed by atoms with Crippen LogP contribution < -0.4 is 49.2 Å². The fourth-order valence-corrected chi connectivity index (χ4v) is 6.55. The van der Waals surface area contributed by atoms with E-state index in [0.29, 0.717) is 16.7 Å². The van der Waals surface area contributed by atoms with Gasteiger partial charge in [0.25, 0.3) is 0 Å². The molecule has 0 saturated heterocycles. The first-order chi connectivity index (χ1) is 22.1. The minimum atomic E-state index is -0.651. The van der Waals surface area contributed by atoms with E-state index in [1.54, 1.807) is 12.3 Å². The van der Waals surface area contributed by atoms with Gasteiger partial charge < -0.3 is 4.42 Å². The topological polar surface area (TPSA) is 26.0 Å². The lowest BCUT2D eigenvalue weighted by atomic mass is 9.58. The number of halogens is 1. The number of fused-ring (bicyclic) bond motifs is 6. The van der Waals surface area contributed by atoms with E-state index in [-0.39, 0.29) is 92.8 Å². The Kier molecular flexibility index (Phi) is 7.28. The quantitative estimate of drug-likeness (QED) is 0.197. The van der Waals surface area contributed by atoms with Gasteiger partial charge in [-0.3, -0.25) is 4.98 Å². The van der Waals surface area contributed by atoms with Crippen LogP contribution in [-0.2, 0) is 5.41 Å². The van der Waals surface area contributed by atoms with Crippen LogP contribution in [-0.4, -0.2) is 75.6 Å². The lowest BCUT2D eigenvalue weighted by Gasteiger charge is -2.27. The highest BCUT2D eigenvalue weighted by molar-refractivity contribution is 6.73. The maximum Gasteiger partial charge on any atom is 0.146 e. The first kappa shape index (κ1) is 31.7. The number of rotatable bonds is 2. The van der Waals surface area contributed by atoms with Crippen LogP contribution in [0.2, 0.25) is 0 Å². The normalized spacial score (nSPS) is 12.2. The van der Waals surface area contributed by atoms with E-state index in [2.05, 4.69) is 25.8 Å². The molecule has 2 aromatic heterocycles. The third-order valence-corrected chi connectivity index (χ3v) is 9.13. The molecule has 0 saturated carbocycles. The van der Waals surface area contributed by atoms with Gasteiger partial charge in [0.05, 0.1) is 11.3 Å². The maximum absolute atomic E-state index is 16.4. The molecule has 0 aliphatic heterocycles. The fourth-order valence-electron chi connectivity index (χ4n) is 6.55. The molecule has 7 aromatic rings. The number of aromatic nitrogens is 1. The van der Waals surface area contributed by atoms with E-state index < -0.39 is 5.82 Å². The molecule has 2 nitrogen and oxygen atoms in total. The molecule has 0 bridgehead atoms. The standard InChI is InChI=1S/C35H17B9FNO/c1-35(2,3)12-9-10-46-17(11-12)15-6-4-5-13-14-7-8-16(45)18(34(14)47-33(13)15)19-20-21(26(38)30(42)29(41)25(20)37)22-23(24(19)36)28(40)32(44)31(43)27(22)39/h4-11H,1-3H3. The Labute approximate surface area is 284 Å². The molecule has 18 radical (unpaired) electrons. The Balaban J connectivity index is 1.69. The van der Waals surface area contributed by atoms with Gasteiger partial charge in [-0.1, -0.05) is 60.2 Å². The Morgan fingerprint density at radius 1 is 0.574 bits per heavy atom. The minimum Gasteiger partial charge on any atom is -0.455 e. The van der Waals surface area contributed by atoms with E-state index in [9.17, 15) is 0 Å². The van der Waals surface area contributed by atoms with Crippen molar-refractivity contribution in [3.63, 3.8) is 0 Å². The average Bonchev–Trinajstić information content (AvgIpc) is 3.42. The summed E-state index contributed by atoms with van der Waals surface area (Å²) in [5, 5.41) is 2.30. The molecule has 0 aliphatic carbocycles. The second kappa shape index (κ2) is 10.8. The summed E-state index contributed by atoms with van der Waals surface area (Å²) in [6.45, 7) is 6.38. The minimum absolute atomic E-state index is 0.00533. The van der Waals surface area contributed by atoms with E-state index in [0.717, 1.165) is 16.5 Å². The molecule has 0 aliphatic rings. The van der Waals surface area contributed by atoms with Crippen LogP contribution in [0.15, 0.2) is 53.1 Å². The van der Waals surface area contributed by atoms with E-state index in [1.807, 2.05) is 30.3 Å². The molecule has 0 spiro atoms. The van der Waals surface area contributed by atoms with E-state index >= 15 is 4.39 Å². The van der Waals surface area contributed by atoms with Gasteiger partial charge in [-0.05, 0) is 68.4 Å². The molecule has 2 heterocycles. The number of benzene rings is 5. The maximum atomic E-state index is 16.4. The molecule has 0 atom stereocenters. The summed E-state index contributed by atoms with van der Waals surface area (Å²) in [7, 11) is 58.4. The van der Waals surface area contributed by atoms with Gasteiger partial charge in [-0.15, -0.1) is 21.9 Å². The third-order valence-electron chi connectivity index (χ3n) is 9.13. The summed E-state index contributed by atoms with van der Waals surface area (Å²) in [4.78, 5) is 4.65. The van der Waals surface area contributed by atoms with Crippen molar-refractivity contribution >= 4 is 163 Å². The van der Waals surface area contributed by atoms with Gasteiger partial charge in [-0.2, -0.15) is 0 Å². The molecule has 0 amide bonds. The van der Waals surface area contributed by atoms with Gasteiger partial charge in [0.15, 0.2) is 0 Å². The van der Waals surface area contributed by atoms with Crippen molar-refractivity contribution in [1.29, 1.82) is 0 Å². The van der Waals surface area contributed by atoms with Gasteiger partial charge in [0.1, 0.15) is 87.6 Å². The molecule has 47 heavy (non-hydrogen) atoms. The Hall–Kier alpha value is -3.92. The Bertz CT molecular complexity index is 2520. The van der Waals surface area contributed by atoms with Crippen LogP contribution >= 0.6 is 0 Å². The van der Waals surface area contributed by atoms with Crippen molar-refractivity contribution in [2.75, 3.05) is 0 Å². The SMILES string of the molecule is [B]c1c([B])c([B])c2c(c1[B])c([B])c(-c1c(F)ccc3c1oc1c(-c4cc(C(C)(C)C)ccn4)cccc13)c1c([B])c([B])c([B])c([B])c12. The number of nitrogens with zero attached hydrogens (tertiary/aromatic N) is 1. The van der Waals surface area contributed by atoms with Crippen molar-refractivity contribution in [2.24, 2.45) is 0 Å². The van der Waals surface area contributed by atoms with Crippen LogP contribution in [0.3, 0.4) is 0 Å². The predicted molar refractivity (Wildman–Crippen MR) is 205 cm³/mol. The molecule has 0 fully saturated rings. The second-order valence-electron chi connectivity index (χ2n) is 12.9. The van der Waals surface area contributed by atoms with Crippen molar-refractivity contribution in [3.8, 4) is 22.4 Å². The van der Waals surface area contributed by atoms with Crippen molar-refractivity contribution in [3.05, 3.63) is 60.0 Å². The number of hydrogen-bond donors (Lipinski definition) is 0. The van der Waals surface area contributed by atoms with Gasteiger partial charge in [-0.25, -0.2) is 4.39 Å². The van der Waals surface area contributed by atoms with Crippen molar-refractivity contribution < 1.29 is 8.81 Å². The summed E-state index contributed by atoms with van der Waals surface area (Å²) in [5.41, 5.74) is 3.48. The van der Waals surface area contributed by atoms with Crippen LogP contribution in [0.5, 0.6) is 0 Å². The molecule has 0 unspecified atom stereocenters. The molecule has 202 valence electrons. The molecular formula is C35H17B9FNO. The lowest BCUT2D eigenvalue weighted by Crippen LogP contribution is -2.51. The predicted octanol–water partition coefficient (Wildman–Crippen LogP) is -0.798. The first-order valence-corrected chi connectivity index (χ1v) is 14.8. The van der Waals surface area contributed by atoms with Crippen LogP contribution in [0.25, 0.3) is 65.9 Å². The third kappa shape index (κ3) is 4.46. The summed E-state index contributed by atoms with van der Waals surface area (Å²) in [5.74, 6) is -0.651. The highest BCUT2D eigenvalue weighted by Gasteiger charge is 2.27. The van der Waals surface area contributed by atoms with Gasteiger partial charge in [0.2, 0.25) is 0 Å². The first-order valence-electron chi connectivity index (χ1n) is 14.8. The summed E-state index contributed by atoms with van der Waals surface area (Å²) in [6, 6.07) is 12.7. The Morgan fingerprint density at radius 2 is 1.13 bits per heavy atom. The monoisotopic (exact) mass is 585 g/mol. The molecule has 0 N–H and O–H groups in total. The summed E-state index contributed by atoms with van der Waals surface area (Å²) < 4.78 is 23.0. The number of hydrogen-bond acceptors (Lipinski definition) is 2. The van der Waals surface area contributed by atoms with E-state index in [1.165, 1.54) is 6.07 Å². The number of furan rings is 1. The van der Waals surface area contributed by atoms with Crippen LogP contribution in [0.1, 0.15) is 26.3 Å². The van der Waals surface area contributed by atoms with Crippen molar-refractivity contribution in [2.45, 2.75) is 26.2 Å². The second-order valence-corrected chi connectivity index (χ2v) is 12.9. The average molecular weight is 584 g/mol. The summed E-state index contributed by atoms with van der Waals surface area (Å²) >= 11 is 0. The van der Waals surface area contributed by atoms with Crippen molar-refractivity contribution in [1.82, 2.24) is 4.98 Å². The fraction of sp³-hybridized carbons (Fsp3) is 0.114. The molecular weight excluding hydrogens is 567 g/mol. The summed E-state index contributed by atoms with van der Waals surface area (Å²) in [6.07, 6.45) is 1.77. The largest absolute Gasteiger partial charge is 0.455 e. The van der Waals surface area contributed by atoms with Gasteiger partial charge >= 0.3 is 0 Å². The zero-order chi connectivity index (χ0) is 33.9. The highest BCUT2D eigenvalue weighted by atomic mass is 19.1. The molecule has 7 rings (SSSR count). The lowest BCUT2D eigenvalue weighted by molar-refractivity contribution is 0.589. The number of pyridine rings is 1. The smallest absolute Gasteiger partial charge is 0.146 e. The van der Waals surface area contributed by atoms with Crippen LogP contribution in [0, 0.1) is 5.82 Å². The zero-order valence-corrected chi connectivity index (χ0v) is 26.0. The molecule has 5 aromatic carbocycles. The van der Waals surface area contributed by atoms with Crippen LogP contribution in [0.4, 0.5) is 4.39 Å². The number of para-hydroxylation sites is 1. The molecule has 12 heteroatoms. The Morgan fingerprint density at radius 3 is 1.74 bits per heavy atom. The highest BCUT2D eigenvalue weighted by Crippen LogP contribution is 2.42.